The standard InChI is InChI=1S/C13H21N3OS/c1-10(2)13(17)16-6-3-11(4-7-16)15-9-12-14-5-8-18-12/h5,8,10-11,15H,3-4,6-7,9H2,1-2H3. The Morgan fingerprint density at radius 2 is 2.28 bits per heavy atom. The quantitative estimate of drug-likeness (QED) is 0.906. The van der Waals surface area contributed by atoms with Crippen LogP contribution in [0.2, 0.25) is 0 Å². The second kappa shape index (κ2) is 6.29. The number of hydrogen-bond donors (Lipinski definition) is 1. The maximum absolute atomic E-state index is 11.8. The summed E-state index contributed by atoms with van der Waals surface area (Å²) in [6.45, 7) is 6.55. The minimum atomic E-state index is 0.116. The first-order valence-electron chi connectivity index (χ1n) is 6.57. The Bertz CT molecular complexity index is 370. The maximum atomic E-state index is 11.8. The highest BCUT2D eigenvalue weighted by atomic mass is 32.1. The lowest BCUT2D eigenvalue weighted by Gasteiger charge is -2.33. The minimum Gasteiger partial charge on any atom is -0.342 e. The van der Waals surface area contributed by atoms with E-state index in [-0.39, 0.29) is 11.8 Å². The summed E-state index contributed by atoms with van der Waals surface area (Å²) in [5.74, 6) is 0.401. The van der Waals surface area contributed by atoms with E-state index in [4.69, 9.17) is 0 Å². The number of carbonyl (C=O) groups excluding carboxylic acids is 1. The SMILES string of the molecule is CC(C)C(=O)N1CCC(NCc2nccs2)CC1. The van der Waals surface area contributed by atoms with Crippen LogP contribution >= 0.6 is 11.3 Å². The molecule has 0 saturated carbocycles. The molecule has 0 aromatic carbocycles. The van der Waals surface area contributed by atoms with E-state index >= 15 is 0 Å². The van der Waals surface area contributed by atoms with Gasteiger partial charge in [0, 0.05) is 43.2 Å². The Balaban J connectivity index is 1.72. The lowest BCUT2D eigenvalue weighted by atomic mass is 10.0. The van der Waals surface area contributed by atoms with Crippen molar-refractivity contribution in [2.45, 2.75) is 39.3 Å². The summed E-state index contributed by atoms with van der Waals surface area (Å²) in [6.07, 6.45) is 3.93. The second-order valence-electron chi connectivity index (χ2n) is 5.06. The highest BCUT2D eigenvalue weighted by molar-refractivity contribution is 7.09. The lowest BCUT2D eigenvalue weighted by Crippen LogP contribution is -2.45. The molecule has 1 amide bonds. The first kappa shape index (κ1) is 13.5. The second-order valence-corrected chi connectivity index (χ2v) is 6.04. The largest absolute Gasteiger partial charge is 0.342 e. The fraction of sp³-hybridized carbons (Fsp3) is 0.692. The molecule has 18 heavy (non-hydrogen) atoms. The fourth-order valence-corrected chi connectivity index (χ4v) is 2.81. The summed E-state index contributed by atoms with van der Waals surface area (Å²) in [5.41, 5.74) is 0. The van der Waals surface area contributed by atoms with Crippen LogP contribution in [0.15, 0.2) is 11.6 Å². The van der Waals surface area contributed by atoms with E-state index in [0.29, 0.717) is 6.04 Å². The van der Waals surface area contributed by atoms with Gasteiger partial charge in [-0.25, -0.2) is 4.98 Å². The van der Waals surface area contributed by atoms with Gasteiger partial charge < -0.3 is 10.2 Å². The van der Waals surface area contributed by atoms with Gasteiger partial charge in [0.1, 0.15) is 5.01 Å². The van der Waals surface area contributed by atoms with E-state index in [9.17, 15) is 4.79 Å². The molecule has 0 atom stereocenters. The smallest absolute Gasteiger partial charge is 0.225 e. The van der Waals surface area contributed by atoms with Crippen molar-refractivity contribution in [2.75, 3.05) is 13.1 Å². The van der Waals surface area contributed by atoms with Gasteiger partial charge in [-0.1, -0.05) is 13.8 Å². The molecule has 4 nitrogen and oxygen atoms in total. The van der Waals surface area contributed by atoms with Crippen LogP contribution in [0, 0.1) is 5.92 Å². The Morgan fingerprint density at radius 3 is 2.83 bits per heavy atom. The number of hydrogen-bond acceptors (Lipinski definition) is 4. The maximum Gasteiger partial charge on any atom is 0.225 e. The summed E-state index contributed by atoms with van der Waals surface area (Å²) in [7, 11) is 0. The van der Waals surface area contributed by atoms with Crippen molar-refractivity contribution < 1.29 is 4.79 Å². The van der Waals surface area contributed by atoms with Gasteiger partial charge in [-0.2, -0.15) is 0 Å². The number of rotatable bonds is 4. The summed E-state index contributed by atoms with van der Waals surface area (Å²) in [4.78, 5) is 18.1. The molecule has 2 heterocycles. The third-order valence-electron chi connectivity index (χ3n) is 3.33. The van der Waals surface area contributed by atoms with Crippen LogP contribution in [0.1, 0.15) is 31.7 Å². The molecule has 2 rings (SSSR count). The molecule has 1 aromatic rings. The number of aromatic nitrogens is 1. The van der Waals surface area contributed by atoms with Crippen molar-refractivity contribution in [3.05, 3.63) is 16.6 Å². The minimum absolute atomic E-state index is 0.116. The van der Waals surface area contributed by atoms with Crippen LogP contribution in [-0.2, 0) is 11.3 Å². The number of piperidine rings is 1. The van der Waals surface area contributed by atoms with Crippen LogP contribution in [-0.4, -0.2) is 34.9 Å². The van der Waals surface area contributed by atoms with Crippen molar-refractivity contribution in [1.29, 1.82) is 0 Å². The van der Waals surface area contributed by atoms with Crippen molar-refractivity contribution in [3.63, 3.8) is 0 Å². The van der Waals surface area contributed by atoms with Gasteiger partial charge in [0.2, 0.25) is 5.91 Å². The summed E-state index contributed by atoms with van der Waals surface area (Å²) >= 11 is 1.68. The third kappa shape index (κ3) is 3.53. The van der Waals surface area contributed by atoms with Gasteiger partial charge in [0.25, 0.3) is 0 Å². The van der Waals surface area contributed by atoms with Gasteiger partial charge in [-0.05, 0) is 12.8 Å². The summed E-state index contributed by atoms with van der Waals surface area (Å²) < 4.78 is 0. The number of nitrogens with one attached hydrogen (secondary N) is 1. The fourth-order valence-electron chi connectivity index (χ4n) is 2.24. The van der Waals surface area contributed by atoms with E-state index in [2.05, 4.69) is 10.3 Å². The number of thiazole rings is 1. The number of nitrogens with zero attached hydrogens (tertiary/aromatic N) is 2. The Morgan fingerprint density at radius 1 is 1.56 bits per heavy atom. The highest BCUT2D eigenvalue weighted by Crippen LogP contribution is 2.14. The van der Waals surface area contributed by atoms with Gasteiger partial charge in [-0.15, -0.1) is 11.3 Å². The molecule has 1 saturated heterocycles. The van der Waals surface area contributed by atoms with E-state index in [1.807, 2.05) is 30.3 Å². The monoisotopic (exact) mass is 267 g/mol. The zero-order chi connectivity index (χ0) is 13.0. The van der Waals surface area contributed by atoms with E-state index in [1.54, 1.807) is 11.3 Å². The molecule has 100 valence electrons. The highest BCUT2D eigenvalue weighted by Gasteiger charge is 2.23. The lowest BCUT2D eigenvalue weighted by molar-refractivity contribution is -0.135. The van der Waals surface area contributed by atoms with Gasteiger partial charge in [0.05, 0.1) is 0 Å². The Labute approximate surface area is 112 Å². The van der Waals surface area contributed by atoms with Crippen LogP contribution in [0.5, 0.6) is 0 Å². The molecule has 0 spiro atoms. The molecule has 0 unspecified atom stereocenters. The summed E-state index contributed by atoms with van der Waals surface area (Å²) in [6, 6.07) is 0.519. The first-order valence-corrected chi connectivity index (χ1v) is 7.45. The molecule has 0 radical (unpaired) electrons. The average Bonchev–Trinajstić information content (AvgIpc) is 2.89. The van der Waals surface area contributed by atoms with Crippen molar-refractivity contribution in [2.24, 2.45) is 5.92 Å². The number of carbonyl (C=O) groups is 1. The molecule has 1 aromatic heterocycles. The van der Waals surface area contributed by atoms with Crippen LogP contribution in [0.25, 0.3) is 0 Å². The van der Waals surface area contributed by atoms with Gasteiger partial charge in [-0.3, -0.25) is 4.79 Å². The Hall–Kier alpha value is -0.940. The van der Waals surface area contributed by atoms with Gasteiger partial charge in [0.15, 0.2) is 0 Å². The topological polar surface area (TPSA) is 45.2 Å². The molecule has 0 aliphatic carbocycles. The molecule has 1 fully saturated rings. The van der Waals surface area contributed by atoms with E-state index in [0.717, 1.165) is 37.5 Å². The predicted molar refractivity (Wildman–Crippen MR) is 73.4 cm³/mol. The van der Waals surface area contributed by atoms with Crippen LogP contribution < -0.4 is 5.32 Å². The van der Waals surface area contributed by atoms with E-state index < -0.39 is 0 Å². The molecule has 1 N–H and O–H groups in total. The van der Waals surface area contributed by atoms with Gasteiger partial charge >= 0.3 is 0 Å². The molecule has 0 bridgehead atoms. The third-order valence-corrected chi connectivity index (χ3v) is 4.11. The molecule has 1 aliphatic heterocycles. The zero-order valence-electron chi connectivity index (χ0n) is 11.1. The average molecular weight is 267 g/mol. The van der Waals surface area contributed by atoms with Crippen LogP contribution in [0.4, 0.5) is 0 Å². The Kier molecular flexibility index (Phi) is 4.72. The normalized spacial score (nSPS) is 17.4. The first-order chi connectivity index (χ1) is 8.66. The van der Waals surface area contributed by atoms with E-state index in [1.165, 1.54) is 0 Å². The zero-order valence-corrected chi connectivity index (χ0v) is 11.9. The number of amides is 1. The molecule has 1 aliphatic rings. The summed E-state index contributed by atoms with van der Waals surface area (Å²) in [5, 5.41) is 6.66. The van der Waals surface area contributed by atoms with Crippen molar-refractivity contribution in [3.8, 4) is 0 Å². The van der Waals surface area contributed by atoms with Crippen LogP contribution in [0.3, 0.4) is 0 Å². The molecule has 5 heteroatoms. The number of likely N-dealkylation sites (tertiary alicyclic amines) is 1. The predicted octanol–water partition coefficient (Wildman–Crippen LogP) is 1.88. The molecular weight excluding hydrogens is 246 g/mol. The molecular formula is C13H21N3OS. The van der Waals surface area contributed by atoms with Crippen molar-refractivity contribution >= 4 is 17.2 Å². The van der Waals surface area contributed by atoms with Crippen molar-refractivity contribution in [1.82, 2.24) is 15.2 Å².